The van der Waals surface area contributed by atoms with Gasteiger partial charge in [-0.2, -0.15) is 0 Å². The van der Waals surface area contributed by atoms with E-state index in [0.717, 1.165) is 26.1 Å². The van der Waals surface area contributed by atoms with Crippen molar-refractivity contribution in [3.8, 4) is 0 Å². The van der Waals surface area contributed by atoms with Crippen LogP contribution < -0.4 is 0 Å². The number of hydrogen-bond acceptors (Lipinski definition) is 1. The van der Waals surface area contributed by atoms with Crippen molar-refractivity contribution in [3.05, 3.63) is 35.4 Å². The summed E-state index contributed by atoms with van der Waals surface area (Å²) >= 11 is 0. The molecule has 0 aliphatic heterocycles. The van der Waals surface area contributed by atoms with Gasteiger partial charge in [0.15, 0.2) is 0 Å². The third kappa shape index (κ3) is 32.8. The lowest BCUT2D eigenvalue weighted by Crippen LogP contribution is -1.92. The molecule has 1 rings (SSSR count). The molecule has 0 saturated heterocycles. The van der Waals surface area contributed by atoms with Crippen molar-refractivity contribution >= 4 is 0 Å². The number of benzene rings is 1. The van der Waals surface area contributed by atoms with Crippen molar-refractivity contribution in [2.45, 2.75) is 126 Å². The third-order valence-corrected chi connectivity index (χ3v) is 4.06. The normalized spacial score (nSPS) is 9.29. The van der Waals surface area contributed by atoms with E-state index in [1.807, 2.05) is 0 Å². The summed E-state index contributed by atoms with van der Waals surface area (Å²) < 4.78 is 5.13. The van der Waals surface area contributed by atoms with E-state index in [2.05, 4.69) is 79.7 Å². The maximum Gasteiger partial charge on any atom is 0.0463 e. The predicted molar refractivity (Wildman–Crippen MR) is 132 cm³/mol. The molecule has 0 heterocycles. The fourth-order valence-corrected chi connectivity index (χ4v) is 2.11. The van der Waals surface area contributed by atoms with Crippen molar-refractivity contribution in [2.24, 2.45) is 0 Å². The monoisotopic (exact) mass is 394 g/mol. The van der Waals surface area contributed by atoms with Crippen LogP contribution in [-0.2, 0) is 11.2 Å². The van der Waals surface area contributed by atoms with E-state index in [1.54, 1.807) is 0 Å². The molecular weight excluding hydrogens is 340 g/mol. The average molecular weight is 395 g/mol. The van der Waals surface area contributed by atoms with Crippen LogP contribution in [-0.4, -0.2) is 13.2 Å². The summed E-state index contributed by atoms with van der Waals surface area (Å²) in [6, 6.07) is 8.76. The maximum absolute atomic E-state index is 5.13. The van der Waals surface area contributed by atoms with Crippen molar-refractivity contribution in [2.75, 3.05) is 13.2 Å². The molecule has 0 bridgehead atoms. The van der Waals surface area contributed by atoms with Crippen LogP contribution in [0.25, 0.3) is 0 Å². The van der Waals surface area contributed by atoms with Crippen LogP contribution in [0.2, 0.25) is 0 Å². The molecule has 0 spiro atoms. The quantitative estimate of drug-likeness (QED) is 0.339. The van der Waals surface area contributed by atoms with Gasteiger partial charge in [-0.3, -0.25) is 0 Å². The van der Waals surface area contributed by atoms with Gasteiger partial charge in [-0.1, -0.05) is 130 Å². The highest BCUT2D eigenvalue weighted by Gasteiger charge is 1.88. The van der Waals surface area contributed by atoms with Crippen molar-refractivity contribution in [1.82, 2.24) is 0 Å². The van der Waals surface area contributed by atoms with Gasteiger partial charge < -0.3 is 4.74 Å². The molecule has 0 radical (unpaired) electrons. The fourth-order valence-electron chi connectivity index (χ4n) is 2.11. The molecule has 0 unspecified atom stereocenters. The molecule has 0 aromatic heterocycles. The first-order valence-corrected chi connectivity index (χ1v) is 12.2. The SMILES string of the molecule is CCCC.CCCCCCC.CCCOCCC.CCCc1ccc(C)cc1. The molecular formula is C27H54O. The summed E-state index contributed by atoms with van der Waals surface area (Å²) in [5.41, 5.74) is 2.80. The van der Waals surface area contributed by atoms with Gasteiger partial charge in [-0.05, 0) is 31.7 Å². The highest BCUT2D eigenvalue weighted by Crippen LogP contribution is 2.04. The predicted octanol–water partition coefficient (Wildman–Crippen LogP) is 9.55. The highest BCUT2D eigenvalue weighted by atomic mass is 16.5. The second kappa shape index (κ2) is 30.9. The van der Waals surface area contributed by atoms with Gasteiger partial charge >= 0.3 is 0 Å². The summed E-state index contributed by atoms with van der Waals surface area (Å²) in [6.07, 6.45) is 14.4. The van der Waals surface area contributed by atoms with Crippen LogP contribution in [0, 0.1) is 6.92 Å². The van der Waals surface area contributed by atoms with Gasteiger partial charge in [0.05, 0.1) is 0 Å². The molecule has 0 aliphatic rings. The zero-order chi connectivity index (χ0) is 21.9. The maximum atomic E-state index is 5.13. The number of rotatable bonds is 11. The lowest BCUT2D eigenvalue weighted by Gasteiger charge is -1.97. The number of aryl methyl sites for hydroxylation is 2. The van der Waals surface area contributed by atoms with Crippen LogP contribution in [0.15, 0.2) is 24.3 Å². The van der Waals surface area contributed by atoms with Gasteiger partial charge in [-0.15, -0.1) is 0 Å². The Balaban J connectivity index is -0.000000313. The Morgan fingerprint density at radius 1 is 0.536 bits per heavy atom. The Morgan fingerprint density at radius 3 is 1.32 bits per heavy atom. The van der Waals surface area contributed by atoms with Crippen molar-refractivity contribution < 1.29 is 4.74 Å². The first-order chi connectivity index (χ1) is 13.6. The zero-order valence-electron chi connectivity index (χ0n) is 20.9. The lowest BCUT2D eigenvalue weighted by molar-refractivity contribution is 0.135. The molecule has 1 aromatic carbocycles. The molecule has 1 heteroatoms. The molecule has 168 valence electrons. The number of unbranched alkanes of at least 4 members (excludes halogenated alkanes) is 5. The van der Waals surface area contributed by atoms with E-state index >= 15 is 0 Å². The second-order valence-corrected chi connectivity index (χ2v) is 7.41. The van der Waals surface area contributed by atoms with Gasteiger partial charge in [0.25, 0.3) is 0 Å². The Bertz CT molecular complexity index is 322. The zero-order valence-corrected chi connectivity index (χ0v) is 20.9. The van der Waals surface area contributed by atoms with Crippen LogP contribution >= 0.6 is 0 Å². The first kappa shape index (κ1) is 31.9. The van der Waals surface area contributed by atoms with E-state index in [0.29, 0.717) is 0 Å². The topological polar surface area (TPSA) is 9.23 Å². The van der Waals surface area contributed by atoms with Crippen molar-refractivity contribution in [1.29, 1.82) is 0 Å². The largest absolute Gasteiger partial charge is 0.381 e. The Kier molecular flexibility index (Phi) is 35.2. The molecule has 0 N–H and O–H groups in total. The second-order valence-electron chi connectivity index (χ2n) is 7.41. The van der Waals surface area contributed by atoms with E-state index in [1.165, 1.54) is 68.9 Å². The Labute approximate surface area is 179 Å². The summed E-state index contributed by atoms with van der Waals surface area (Å²) in [4.78, 5) is 0. The molecule has 28 heavy (non-hydrogen) atoms. The minimum atomic E-state index is 0.924. The standard InChI is InChI=1S/C10H14.C7H16.C6H14O.C4H10/c1-3-4-10-7-5-9(2)6-8-10;2*1-3-5-7-6-4-2;1-3-4-2/h5-8H,3-4H2,1-2H3;3-7H2,1-2H3;3-6H2,1-2H3;3-4H2,1-2H3. The fraction of sp³-hybridized carbons (Fsp3) is 0.778. The lowest BCUT2D eigenvalue weighted by atomic mass is 10.1. The summed E-state index contributed by atoms with van der Waals surface area (Å²) in [7, 11) is 0. The van der Waals surface area contributed by atoms with Gasteiger partial charge in [0.1, 0.15) is 0 Å². The first-order valence-electron chi connectivity index (χ1n) is 12.2. The smallest absolute Gasteiger partial charge is 0.0463 e. The van der Waals surface area contributed by atoms with E-state index in [-0.39, 0.29) is 0 Å². The summed E-state index contributed by atoms with van der Waals surface area (Å²) in [6.45, 7) is 19.3. The molecule has 0 fully saturated rings. The molecule has 1 aromatic rings. The van der Waals surface area contributed by atoms with Crippen LogP contribution in [0.4, 0.5) is 0 Å². The average Bonchev–Trinajstić information content (AvgIpc) is 2.72. The minimum absolute atomic E-state index is 0.924. The van der Waals surface area contributed by atoms with Gasteiger partial charge in [-0.25, -0.2) is 0 Å². The van der Waals surface area contributed by atoms with E-state index in [4.69, 9.17) is 4.74 Å². The number of hydrogen-bond donors (Lipinski definition) is 0. The number of ether oxygens (including phenoxy) is 1. The molecule has 0 aliphatic carbocycles. The highest BCUT2D eigenvalue weighted by molar-refractivity contribution is 5.21. The molecule has 0 amide bonds. The van der Waals surface area contributed by atoms with E-state index < -0.39 is 0 Å². The Hall–Kier alpha value is -0.820. The van der Waals surface area contributed by atoms with Crippen molar-refractivity contribution in [3.63, 3.8) is 0 Å². The van der Waals surface area contributed by atoms with Crippen LogP contribution in [0.3, 0.4) is 0 Å². The van der Waals surface area contributed by atoms with E-state index in [9.17, 15) is 0 Å². The molecule has 0 saturated carbocycles. The third-order valence-electron chi connectivity index (χ3n) is 4.06. The molecule has 0 atom stereocenters. The van der Waals surface area contributed by atoms with Gasteiger partial charge in [0, 0.05) is 13.2 Å². The minimum Gasteiger partial charge on any atom is -0.381 e. The Morgan fingerprint density at radius 2 is 1.00 bits per heavy atom. The van der Waals surface area contributed by atoms with Crippen LogP contribution in [0.1, 0.15) is 124 Å². The summed E-state index contributed by atoms with van der Waals surface area (Å²) in [5, 5.41) is 0. The van der Waals surface area contributed by atoms with Crippen LogP contribution in [0.5, 0.6) is 0 Å². The molecule has 1 nitrogen and oxygen atoms in total. The summed E-state index contributed by atoms with van der Waals surface area (Å²) in [5.74, 6) is 0. The van der Waals surface area contributed by atoms with Gasteiger partial charge in [0.2, 0.25) is 0 Å².